The summed E-state index contributed by atoms with van der Waals surface area (Å²) in [5.74, 6) is 3.38. The average Bonchev–Trinajstić information content (AvgIpc) is 3.01. The van der Waals surface area contributed by atoms with Gasteiger partial charge in [0.1, 0.15) is 6.61 Å². The number of carbonyl (C=O) groups excluding carboxylic acids is 1. The molecule has 28 heavy (non-hydrogen) atoms. The first kappa shape index (κ1) is 21.2. The Bertz CT molecular complexity index is 911. The van der Waals surface area contributed by atoms with Crippen LogP contribution < -0.4 is 0 Å². The zero-order valence-corrected chi connectivity index (χ0v) is 16.3. The van der Waals surface area contributed by atoms with Crippen LogP contribution in [-0.2, 0) is 29.0 Å². The molecule has 0 saturated heterocycles. The van der Waals surface area contributed by atoms with Crippen LogP contribution in [-0.4, -0.2) is 28.1 Å². The van der Waals surface area contributed by atoms with Crippen molar-refractivity contribution in [3.8, 4) is 11.8 Å². The summed E-state index contributed by atoms with van der Waals surface area (Å²) < 4.78 is 5.10. The molecule has 0 saturated carbocycles. The number of rotatable bonds is 7. The van der Waals surface area contributed by atoms with Gasteiger partial charge in [0.25, 0.3) is 0 Å². The van der Waals surface area contributed by atoms with E-state index in [4.69, 9.17) is 9.84 Å². The zero-order valence-electron chi connectivity index (χ0n) is 16.3. The molecule has 2 rings (SSSR count). The van der Waals surface area contributed by atoms with Gasteiger partial charge < -0.3 is 14.9 Å². The summed E-state index contributed by atoms with van der Waals surface area (Å²) >= 11 is 0. The minimum atomic E-state index is -1.17. The lowest BCUT2D eigenvalue weighted by molar-refractivity contribution is -0.136. The maximum absolute atomic E-state index is 12.2. The molecule has 0 bridgehead atoms. The van der Waals surface area contributed by atoms with Crippen molar-refractivity contribution < 1.29 is 29.3 Å². The number of allylic oxidation sites excluding steroid dienone is 2. The molecule has 1 aromatic carbocycles. The summed E-state index contributed by atoms with van der Waals surface area (Å²) in [7, 11) is 0. The van der Waals surface area contributed by atoms with E-state index in [9.17, 15) is 19.5 Å². The summed E-state index contributed by atoms with van der Waals surface area (Å²) in [6, 6.07) is 0. The molecule has 0 unspecified atom stereocenters. The molecule has 0 aromatic heterocycles. The Morgan fingerprint density at radius 1 is 1.18 bits per heavy atom. The van der Waals surface area contributed by atoms with Gasteiger partial charge in [-0.05, 0) is 43.4 Å². The molecule has 0 amide bonds. The van der Waals surface area contributed by atoms with E-state index in [1.54, 1.807) is 0 Å². The van der Waals surface area contributed by atoms with Gasteiger partial charge in [0.05, 0.1) is 11.1 Å². The highest BCUT2D eigenvalue weighted by Crippen LogP contribution is 2.34. The fourth-order valence-electron chi connectivity index (χ4n) is 3.32. The van der Waals surface area contributed by atoms with E-state index in [1.807, 2.05) is 26.8 Å². The third-order valence-electron chi connectivity index (χ3n) is 4.84. The van der Waals surface area contributed by atoms with E-state index >= 15 is 0 Å². The first-order valence-electron chi connectivity index (χ1n) is 9.18. The first-order valence-corrected chi connectivity index (χ1v) is 9.18. The second-order valence-electron chi connectivity index (χ2n) is 6.72. The van der Waals surface area contributed by atoms with E-state index in [2.05, 4.69) is 11.8 Å². The number of ether oxygens (including phenoxy) is 1. The number of esters is 1. The average molecular weight is 384 g/mol. The van der Waals surface area contributed by atoms with Gasteiger partial charge in [-0.3, -0.25) is 4.79 Å². The molecule has 148 valence electrons. The lowest BCUT2D eigenvalue weighted by atomic mass is 9.85. The van der Waals surface area contributed by atoms with Gasteiger partial charge in [0, 0.05) is 24.8 Å². The minimum absolute atomic E-state index is 0.0124. The highest BCUT2D eigenvalue weighted by molar-refractivity contribution is 6.06. The Morgan fingerprint density at radius 2 is 1.89 bits per heavy atom. The fourth-order valence-corrected chi connectivity index (χ4v) is 3.32. The summed E-state index contributed by atoms with van der Waals surface area (Å²) in [5, 5.41) is 18.7. The largest absolute Gasteiger partial charge is 0.481 e. The van der Waals surface area contributed by atoms with Crippen molar-refractivity contribution in [3.63, 3.8) is 0 Å². The Balaban J connectivity index is 2.59. The number of aromatic carboxylic acids is 1. The Kier molecular flexibility index (Phi) is 7.00. The third kappa shape index (κ3) is 4.61. The molecule has 1 heterocycles. The normalized spacial score (nSPS) is 12.8. The molecule has 0 radical (unpaired) electrons. The Labute approximate surface area is 164 Å². The molecule has 0 aliphatic carbocycles. The Hall–Kier alpha value is -3.07. The smallest absolute Gasteiger partial charge is 0.339 e. The highest BCUT2D eigenvalue weighted by atomic mass is 16.5. The Morgan fingerprint density at radius 3 is 2.50 bits per heavy atom. The summed E-state index contributed by atoms with van der Waals surface area (Å²) in [6.45, 7) is 5.68. The van der Waals surface area contributed by atoms with E-state index in [0.29, 0.717) is 30.4 Å². The molecule has 1 aromatic rings. The van der Waals surface area contributed by atoms with Crippen molar-refractivity contribution in [3.05, 3.63) is 45.0 Å². The van der Waals surface area contributed by atoms with Crippen molar-refractivity contribution in [1.82, 2.24) is 0 Å². The summed E-state index contributed by atoms with van der Waals surface area (Å²) in [4.78, 5) is 35.0. The lowest BCUT2D eigenvalue weighted by Crippen LogP contribution is -2.15. The van der Waals surface area contributed by atoms with Gasteiger partial charge in [-0.2, -0.15) is 0 Å². The lowest BCUT2D eigenvalue weighted by Gasteiger charge is -2.17. The van der Waals surface area contributed by atoms with Gasteiger partial charge in [-0.25, -0.2) is 9.59 Å². The molecule has 1 aliphatic heterocycles. The van der Waals surface area contributed by atoms with Crippen LogP contribution in [0.1, 0.15) is 76.1 Å². The van der Waals surface area contributed by atoms with Gasteiger partial charge in [0.2, 0.25) is 0 Å². The number of fused-ring (bicyclic) bond motifs is 1. The third-order valence-corrected chi connectivity index (χ3v) is 4.84. The number of benzene rings is 1. The number of carboxylic acids is 2. The first-order chi connectivity index (χ1) is 13.3. The second-order valence-corrected chi connectivity index (χ2v) is 6.72. The van der Waals surface area contributed by atoms with Crippen LogP contribution in [0, 0.1) is 18.8 Å². The number of hydrogen-bond acceptors (Lipinski definition) is 4. The second kappa shape index (κ2) is 9.23. The van der Waals surface area contributed by atoms with Crippen LogP contribution in [0.4, 0.5) is 0 Å². The SMILES string of the molecule is CCC#CCc1c(C)c2c(c(C(=O)O)c1C/C=C(\C)CCC(=O)O)C(=O)OC2. The molecule has 6 heteroatoms. The van der Waals surface area contributed by atoms with Crippen molar-refractivity contribution in [2.75, 3.05) is 0 Å². The number of carboxylic acid groups (broad SMARTS) is 2. The summed E-state index contributed by atoms with van der Waals surface area (Å²) in [6.07, 6.45) is 3.60. The number of hydrogen-bond donors (Lipinski definition) is 2. The van der Waals surface area contributed by atoms with Gasteiger partial charge in [-0.1, -0.05) is 24.5 Å². The molecule has 0 atom stereocenters. The molecule has 2 N–H and O–H groups in total. The maximum Gasteiger partial charge on any atom is 0.339 e. The minimum Gasteiger partial charge on any atom is -0.481 e. The van der Waals surface area contributed by atoms with E-state index < -0.39 is 17.9 Å². The molecule has 0 spiro atoms. The van der Waals surface area contributed by atoms with Gasteiger partial charge in [-0.15, -0.1) is 5.92 Å². The highest BCUT2D eigenvalue weighted by Gasteiger charge is 2.33. The predicted molar refractivity (Wildman–Crippen MR) is 103 cm³/mol. The monoisotopic (exact) mass is 384 g/mol. The molecule has 0 fully saturated rings. The standard InChI is InChI=1S/C22H24O6/c1-4-5-6-7-15-14(3)17-12-28-22(27)20(17)19(21(25)26)16(15)10-8-13(2)9-11-18(23)24/h8H,4,7,9-12H2,1-3H3,(H,23,24)(H,25,26)/b13-8+. The molecular weight excluding hydrogens is 360 g/mol. The number of carbonyl (C=O) groups is 3. The summed E-state index contributed by atoms with van der Waals surface area (Å²) in [5.41, 5.74) is 3.75. The van der Waals surface area contributed by atoms with Crippen molar-refractivity contribution >= 4 is 17.9 Å². The van der Waals surface area contributed by atoms with Crippen molar-refractivity contribution in [2.24, 2.45) is 0 Å². The van der Waals surface area contributed by atoms with E-state index in [-0.39, 0.29) is 30.6 Å². The van der Waals surface area contributed by atoms with Crippen LogP contribution >= 0.6 is 0 Å². The van der Waals surface area contributed by atoms with Crippen LogP contribution in [0.25, 0.3) is 0 Å². The van der Waals surface area contributed by atoms with Crippen LogP contribution in [0.15, 0.2) is 11.6 Å². The molecule has 6 nitrogen and oxygen atoms in total. The van der Waals surface area contributed by atoms with Crippen molar-refractivity contribution in [1.29, 1.82) is 0 Å². The predicted octanol–water partition coefficient (Wildman–Crippen LogP) is 3.67. The molecular formula is C22H24O6. The number of aliphatic carboxylic acids is 1. The quantitative estimate of drug-likeness (QED) is 0.423. The van der Waals surface area contributed by atoms with Gasteiger partial charge in [0.15, 0.2) is 0 Å². The fraction of sp³-hybridized carbons (Fsp3) is 0.409. The zero-order chi connectivity index (χ0) is 20.8. The maximum atomic E-state index is 12.2. The molecule has 1 aliphatic rings. The van der Waals surface area contributed by atoms with E-state index in [1.165, 1.54) is 0 Å². The van der Waals surface area contributed by atoms with Crippen LogP contribution in [0.3, 0.4) is 0 Å². The van der Waals surface area contributed by atoms with Crippen LogP contribution in [0.5, 0.6) is 0 Å². The van der Waals surface area contributed by atoms with E-state index in [0.717, 1.165) is 16.7 Å². The van der Waals surface area contributed by atoms with Gasteiger partial charge >= 0.3 is 17.9 Å². The number of cyclic esters (lactones) is 1. The van der Waals surface area contributed by atoms with Crippen molar-refractivity contribution in [2.45, 2.75) is 59.5 Å². The van der Waals surface area contributed by atoms with Crippen LogP contribution in [0.2, 0.25) is 0 Å². The topological polar surface area (TPSA) is 101 Å².